The van der Waals surface area contributed by atoms with Crippen molar-refractivity contribution >= 4 is 0 Å². The van der Waals surface area contributed by atoms with E-state index in [0.29, 0.717) is 0 Å². The monoisotopic (exact) mass is 253 g/mol. The van der Waals surface area contributed by atoms with E-state index in [1.54, 1.807) is 12.1 Å². The Morgan fingerprint density at radius 2 is 1.89 bits per heavy atom. The van der Waals surface area contributed by atoms with Gasteiger partial charge >= 0.3 is 0 Å². The Balaban J connectivity index is 0.000000492. The molecule has 0 spiro atoms. The molecule has 1 aromatic rings. The van der Waals surface area contributed by atoms with Crippen molar-refractivity contribution in [2.24, 2.45) is 0 Å². The quantitative estimate of drug-likeness (QED) is 0.846. The number of piperidine rings is 1. The lowest BCUT2D eigenvalue weighted by molar-refractivity contribution is 0.114. The van der Waals surface area contributed by atoms with Gasteiger partial charge in [0.05, 0.1) is 6.10 Å². The standard InChI is InChI=1S/C12H16FNO.C3H8/c13-10-6-4-9(5-7-10)12(15)11-3-1-2-8-14-11;1-3-2/h4-7,11-12,14-15H,1-3,8H2;3H2,1-2H3. The number of nitrogens with one attached hydrogen (secondary N) is 1. The zero-order valence-electron chi connectivity index (χ0n) is 11.3. The van der Waals surface area contributed by atoms with Gasteiger partial charge in [-0.2, -0.15) is 0 Å². The van der Waals surface area contributed by atoms with Crippen LogP contribution in [0.3, 0.4) is 0 Å². The minimum Gasteiger partial charge on any atom is -0.387 e. The molecule has 1 aliphatic rings. The summed E-state index contributed by atoms with van der Waals surface area (Å²) < 4.78 is 12.7. The van der Waals surface area contributed by atoms with E-state index in [9.17, 15) is 9.50 Å². The first-order chi connectivity index (χ1) is 8.69. The Kier molecular flexibility index (Phi) is 6.91. The highest BCUT2D eigenvalue weighted by Gasteiger charge is 2.22. The third-order valence-electron chi connectivity index (χ3n) is 2.94. The van der Waals surface area contributed by atoms with Crippen LogP contribution in [0.2, 0.25) is 0 Å². The van der Waals surface area contributed by atoms with Gasteiger partial charge in [-0.05, 0) is 37.1 Å². The fraction of sp³-hybridized carbons (Fsp3) is 0.600. The van der Waals surface area contributed by atoms with Gasteiger partial charge in [0.25, 0.3) is 0 Å². The fourth-order valence-corrected chi connectivity index (χ4v) is 2.04. The maximum Gasteiger partial charge on any atom is 0.123 e. The predicted molar refractivity (Wildman–Crippen MR) is 73.0 cm³/mol. The Bertz CT molecular complexity index is 320. The van der Waals surface area contributed by atoms with Crippen molar-refractivity contribution in [2.45, 2.75) is 51.7 Å². The molecule has 2 atom stereocenters. The molecule has 18 heavy (non-hydrogen) atoms. The summed E-state index contributed by atoms with van der Waals surface area (Å²) in [5.41, 5.74) is 0.788. The van der Waals surface area contributed by atoms with Crippen LogP contribution >= 0.6 is 0 Å². The molecule has 2 unspecified atom stereocenters. The molecule has 2 nitrogen and oxygen atoms in total. The molecule has 1 fully saturated rings. The molecule has 3 heteroatoms. The van der Waals surface area contributed by atoms with Crippen LogP contribution in [0.1, 0.15) is 51.2 Å². The summed E-state index contributed by atoms with van der Waals surface area (Å²) >= 11 is 0. The van der Waals surface area contributed by atoms with E-state index in [4.69, 9.17) is 0 Å². The van der Waals surface area contributed by atoms with Crippen LogP contribution in [-0.2, 0) is 0 Å². The summed E-state index contributed by atoms with van der Waals surface area (Å²) in [6.45, 7) is 5.21. The van der Waals surface area contributed by atoms with Gasteiger partial charge in [-0.25, -0.2) is 4.39 Å². The van der Waals surface area contributed by atoms with Gasteiger partial charge in [0.2, 0.25) is 0 Å². The van der Waals surface area contributed by atoms with Crippen molar-refractivity contribution in [3.05, 3.63) is 35.6 Å². The molecule has 1 aromatic carbocycles. The Morgan fingerprint density at radius 1 is 1.28 bits per heavy atom. The molecule has 0 saturated carbocycles. The van der Waals surface area contributed by atoms with Crippen molar-refractivity contribution < 1.29 is 9.50 Å². The van der Waals surface area contributed by atoms with E-state index in [1.165, 1.54) is 25.0 Å². The van der Waals surface area contributed by atoms with Gasteiger partial charge in [0.1, 0.15) is 5.82 Å². The lowest BCUT2D eigenvalue weighted by Gasteiger charge is -2.28. The Labute approximate surface area is 109 Å². The minimum absolute atomic E-state index is 0.115. The first-order valence-electron chi connectivity index (χ1n) is 6.86. The molecule has 0 amide bonds. The number of hydrogen-bond donors (Lipinski definition) is 2. The summed E-state index contributed by atoms with van der Waals surface area (Å²) in [7, 11) is 0. The highest BCUT2D eigenvalue weighted by molar-refractivity contribution is 5.20. The molecule has 0 bridgehead atoms. The molecule has 2 rings (SSSR count). The molecule has 0 aromatic heterocycles. The SMILES string of the molecule is CCC.OC(c1ccc(F)cc1)C1CCCCN1. The summed E-state index contributed by atoms with van der Waals surface area (Å²) in [6.07, 6.45) is 4.03. The minimum atomic E-state index is -0.522. The second-order valence-corrected chi connectivity index (χ2v) is 4.76. The van der Waals surface area contributed by atoms with Crippen LogP contribution in [0.15, 0.2) is 24.3 Å². The van der Waals surface area contributed by atoms with Crippen LogP contribution in [0.25, 0.3) is 0 Å². The number of aliphatic hydroxyl groups excluding tert-OH is 1. The summed E-state index contributed by atoms with van der Waals surface area (Å²) in [4.78, 5) is 0. The van der Waals surface area contributed by atoms with E-state index in [0.717, 1.165) is 24.9 Å². The lowest BCUT2D eigenvalue weighted by atomic mass is 9.95. The number of halogens is 1. The normalized spacial score (nSPS) is 20.8. The van der Waals surface area contributed by atoms with Crippen molar-refractivity contribution in [1.29, 1.82) is 0 Å². The summed E-state index contributed by atoms with van der Waals surface area (Å²) in [5.74, 6) is -0.262. The van der Waals surface area contributed by atoms with E-state index in [-0.39, 0.29) is 11.9 Å². The largest absolute Gasteiger partial charge is 0.387 e. The second kappa shape index (κ2) is 8.22. The third kappa shape index (κ3) is 4.75. The number of aliphatic hydroxyl groups is 1. The first-order valence-corrected chi connectivity index (χ1v) is 6.86. The zero-order valence-corrected chi connectivity index (χ0v) is 11.3. The van der Waals surface area contributed by atoms with Crippen molar-refractivity contribution in [1.82, 2.24) is 5.32 Å². The second-order valence-electron chi connectivity index (χ2n) is 4.76. The Hall–Kier alpha value is -0.930. The van der Waals surface area contributed by atoms with E-state index < -0.39 is 6.10 Å². The van der Waals surface area contributed by atoms with Crippen molar-refractivity contribution in [2.75, 3.05) is 6.54 Å². The number of hydrogen-bond acceptors (Lipinski definition) is 2. The van der Waals surface area contributed by atoms with Gasteiger partial charge in [0, 0.05) is 6.04 Å². The topological polar surface area (TPSA) is 32.3 Å². The smallest absolute Gasteiger partial charge is 0.123 e. The molecule has 1 aliphatic heterocycles. The number of benzene rings is 1. The average molecular weight is 253 g/mol. The molecule has 2 N–H and O–H groups in total. The molecule has 1 heterocycles. The maximum atomic E-state index is 12.7. The van der Waals surface area contributed by atoms with E-state index in [1.807, 2.05) is 0 Å². The van der Waals surface area contributed by atoms with E-state index >= 15 is 0 Å². The molecular formula is C15H24FNO. The van der Waals surface area contributed by atoms with Crippen LogP contribution < -0.4 is 5.32 Å². The van der Waals surface area contributed by atoms with Gasteiger partial charge in [-0.15, -0.1) is 0 Å². The fourth-order valence-electron chi connectivity index (χ4n) is 2.04. The van der Waals surface area contributed by atoms with Crippen LogP contribution in [0.5, 0.6) is 0 Å². The van der Waals surface area contributed by atoms with Crippen molar-refractivity contribution in [3.63, 3.8) is 0 Å². The first kappa shape index (κ1) is 15.1. The van der Waals surface area contributed by atoms with Crippen molar-refractivity contribution in [3.8, 4) is 0 Å². The molecule has 0 radical (unpaired) electrons. The predicted octanol–water partition coefficient (Wildman–Crippen LogP) is 3.42. The highest BCUT2D eigenvalue weighted by atomic mass is 19.1. The van der Waals surface area contributed by atoms with Crippen LogP contribution in [-0.4, -0.2) is 17.7 Å². The maximum absolute atomic E-state index is 12.7. The summed E-state index contributed by atoms with van der Waals surface area (Å²) in [6, 6.07) is 6.19. The van der Waals surface area contributed by atoms with Gasteiger partial charge in [-0.3, -0.25) is 0 Å². The zero-order chi connectivity index (χ0) is 13.4. The van der Waals surface area contributed by atoms with Crippen LogP contribution in [0.4, 0.5) is 4.39 Å². The van der Waals surface area contributed by atoms with Gasteiger partial charge < -0.3 is 10.4 Å². The number of rotatable bonds is 2. The highest BCUT2D eigenvalue weighted by Crippen LogP contribution is 2.22. The lowest BCUT2D eigenvalue weighted by Crippen LogP contribution is -2.38. The van der Waals surface area contributed by atoms with Crippen LogP contribution in [0, 0.1) is 5.82 Å². The molecular weight excluding hydrogens is 229 g/mol. The van der Waals surface area contributed by atoms with Gasteiger partial charge in [-0.1, -0.05) is 38.8 Å². The summed E-state index contributed by atoms with van der Waals surface area (Å²) in [5, 5.41) is 13.3. The molecule has 0 aliphatic carbocycles. The Morgan fingerprint density at radius 3 is 2.39 bits per heavy atom. The van der Waals surface area contributed by atoms with Gasteiger partial charge in [0.15, 0.2) is 0 Å². The van der Waals surface area contributed by atoms with E-state index in [2.05, 4.69) is 19.2 Å². The molecule has 102 valence electrons. The third-order valence-corrected chi connectivity index (χ3v) is 2.94. The molecule has 1 saturated heterocycles. The average Bonchev–Trinajstić information content (AvgIpc) is 2.41.